The molecule has 0 aromatic heterocycles. The molecule has 0 heterocycles. The van der Waals surface area contributed by atoms with Gasteiger partial charge in [0, 0.05) is 11.6 Å². The number of carbonyl (C=O) groups is 2. The molecule has 7 heteroatoms. The van der Waals surface area contributed by atoms with Gasteiger partial charge >= 0.3 is 12.0 Å². The quantitative estimate of drug-likeness (QED) is 0.754. The fourth-order valence-electron chi connectivity index (χ4n) is 2.47. The number of hydrogen-bond acceptors (Lipinski definition) is 4. The van der Waals surface area contributed by atoms with Gasteiger partial charge < -0.3 is 20.1 Å². The molecule has 2 aromatic rings. The molecule has 0 spiro atoms. The Morgan fingerprint density at radius 2 is 1.88 bits per heavy atom. The number of methoxy groups -OCH3 is 2. The highest BCUT2D eigenvalue weighted by atomic mass is 35.5. The summed E-state index contributed by atoms with van der Waals surface area (Å²) in [7, 11) is 2.78. The number of amides is 2. The Balaban J connectivity index is 1.99. The molecule has 0 aliphatic heterocycles. The third-order valence-corrected chi connectivity index (χ3v) is 4.19. The predicted octanol–water partition coefficient (Wildman–Crippen LogP) is 3.70. The van der Waals surface area contributed by atoms with Crippen LogP contribution >= 0.6 is 11.6 Å². The molecule has 0 saturated heterocycles. The molecule has 0 aliphatic rings. The number of carbonyl (C=O) groups excluding carboxylic acids is 2. The molecular formula is C19H21ClN2O4. The first-order chi connectivity index (χ1) is 12.5. The lowest BCUT2D eigenvalue weighted by atomic mass is 10.1. The standard InChI is InChI=1S/C19H21ClN2O4/c1-12(14-6-4-5-7-16(14)20)22-19(24)21-11-13-8-9-17(25-2)15(10-13)18(23)26-3/h4-10,12H,11H2,1-3H3,(H2,21,22,24). The van der Waals surface area contributed by atoms with Crippen LogP contribution in [-0.2, 0) is 11.3 Å². The number of hydrogen-bond donors (Lipinski definition) is 2. The van der Waals surface area contributed by atoms with E-state index in [0.29, 0.717) is 16.3 Å². The van der Waals surface area contributed by atoms with Crippen LogP contribution in [0.25, 0.3) is 0 Å². The lowest BCUT2D eigenvalue weighted by Crippen LogP contribution is -2.36. The minimum atomic E-state index is -0.500. The summed E-state index contributed by atoms with van der Waals surface area (Å²) < 4.78 is 9.89. The van der Waals surface area contributed by atoms with E-state index in [1.54, 1.807) is 24.3 Å². The van der Waals surface area contributed by atoms with Gasteiger partial charge in [-0.05, 0) is 36.2 Å². The summed E-state index contributed by atoms with van der Waals surface area (Å²) in [6, 6.07) is 11.8. The lowest BCUT2D eigenvalue weighted by Gasteiger charge is -2.16. The van der Waals surface area contributed by atoms with Crippen LogP contribution in [0.4, 0.5) is 4.79 Å². The molecule has 0 bridgehead atoms. The zero-order valence-electron chi connectivity index (χ0n) is 14.8. The first-order valence-electron chi connectivity index (χ1n) is 8.00. The molecule has 2 aromatic carbocycles. The third kappa shape index (κ3) is 4.89. The van der Waals surface area contributed by atoms with E-state index in [4.69, 9.17) is 21.1 Å². The van der Waals surface area contributed by atoms with Crippen LogP contribution in [0.5, 0.6) is 5.75 Å². The minimum absolute atomic E-state index is 0.245. The second-order valence-electron chi connectivity index (χ2n) is 5.60. The van der Waals surface area contributed by atoms with Gasteiger partial charge in [-0.15, -0.1) is 0 Å². The fraction of sp³-hybridized carbons (Fsp3) is 0.263. The summed E-state index contributed by atoms with van der Waals surface area (Å²) in [5.74, 6) is -0.0853. The van der Waals surface area contributed by atoms with Crippen LogP contribution in [-0.4, -0.2) is 26.2 Å². The van der Waals surface area contributed by atoms with Gasteiger partial charge in [-0.1, -0.05) is 35.9 Å². The summed E-state index contributed by atoms with van der Waals surface area (Å²) in [5, 5.41) is 6.18. The molecule has 2 rings (SSSR count). The van der Waals surface area contributed by atoms with Gasteiger partial charge in [0.15, 0.2) is 0 Å². The largest absolute Gasteiger partial charge is 0.496 e. The highest BCUT2D eigenvalue weighted by Gasteiger charge is 2.15. The zero-order valence-corrected chi connectivity index (χ0v) is 15.6. The van der Waals surface area contributed by atoms with E-state index in [-0.39, 0.29) is 18.6 Å². The van der Waals surface area contributed by atoms with E-state index < -0.39 is 5.97 Å². The van der Waals surface area contributed by atoms with Crippen LogP contribution in [0, 0.1) is 0 Å². The van der Waals surface area contributed by atoms with Crippen LogP contribution in [0.15, 0.2) is 42.5 Å². The van der Waals surface area contributed by atoms with Gasteiger partial charge in [0.25, 0.3) is 0 Å². The van der Waals surface area contributed by atoms with Gasteiger partial charge in [-0.25, -0.2) is 9.59 Å². The molecule has 0 saturated carbocycles. The normalized spacial score (nSPS) is 11.4. The van der Waals surface area contributed by atoms with Crippen molar-refractivity contribution >= 4 is 23.6 Å². The SMILES string of the molecule is COC(=O)c1cc(CNC(=O)NC(C)c2ccccc2Cl)ccc1OC. The van der Waals surface area contributed by atoms with Crippen molar-refractivity contribution in [3.8, 4) is 5.75 Å². The van der Waals surface area contributed by atoms with Gasteiger partial charge in [-0.2, -0.15) is 0 Å². The van der Waals surface area contributed by atoms with Gasteiger partial charge in [0.1, 0.15) is 11.3 Å². The Labute approximate surface area is 157 Å². The number of benzene rings is 2. The summed E-state index contributed by atoms with van der Waals surface area (Å²) in [4.78, 5) is 23.9. The zero-order chi connectivity index (χ0) is 19.1. The van der Waals surface area contributed by atoms with Gasteiger partial charge in [0.05, 0.1) is 20.3 Å². The molecule has 1 atom stereocenters. The van der Waals surface area contributed by atoms with Crippen molar-refractivity contribution in [1.82, 2.24) is 10.6 Å². The van der Waals surface area contributed by atoms with E-state index >= 15 is 0 Å². The molecule has 0 radical (unpaired) electrons. The third-order valence-electron chi connectivity index (χ3n) is 3.84. The van der Waals surface area contributed by atoms with Crippen LogP contribution < -0.4 is 15.4 Å². The fourth-order valence-corrected chi connectivity index (χ4v) is 2.77. The Morgan fingerprint density at radius 3 is 2.54 bits per heavy atom. The van der Waals surface area contributed by atoms with E-state index in [9.17, 15) is 9.59 Å². The van der Waals surface area contributed by atoms with E-state index in [0.717, 1.165) is 11.1 Å². The minimum Gasteiger partial charge on any atom is -0.496 e. The number of ether oxygens (including phenoxy) is 2. The highest BCUT2D eigenvalue weighted by molar-refractivity contribution is 6.31. The number of rotatable bonds is 6. The Hall–Kier alpha value is -2.73. The lowest BCUT2D eigenvalue weighted by molar-refractivity contribution is 0.0597. The van der Waals surface area contributed by atoms with Crippen LogP contribution in [0.1, 0.15) is 34.5 Å². The molecule has 6 nitrogen and oxygen atoms in total. The predicted molar refractivity (Wildman–Crippen MR) is 99.6 cm³/mol. The summed E-state index contributed by atoms with van der Waals surface area (Å²) in [5.41, 5.74) is 1.88. The van der Waals surface area contributed by atoms with Crippen molar-refractivity contribution < 1.29 is 19.1 Å². The number of esters is 1. The molecule has 26 heavy (non-hydrogen) atoms. The Bertz CT molecular complexity index is 795. The Kier molecular flexibility index (Phi) is 6.86. The maximum Gasteiger partial charge on any atom is 0.341 e. The van der Waals surface area contributed by atoms with Gasteiger partial charge in [-0.3, -0.25) is 0 Å². The number of urea groups is 1. The maximum atomic E-state index is 12.1. The van der Waals surface area contributed by atoms with E-state index in [1.165, 1.54) is 14.2 Å². The second-order valence-corrected chi connectivity index (χ2v) is 6.00. The van der Waals surface area contributed by atoms with Crippen molar-refractivity contribution in [2.75, 3.05) is 14.2 Å². The van der Waals surface area contributed by atoms with Crippen molar-refractivity contribution in [2.45, 2.75) is 19.5 Å². The average Bonchev–Trinajstić information content (AvgIpc) is 2.65. The maximum absolute atomic E-state index is 12.1. The smallest absolute Gasteiger partial charge is 0.341 e. The molecule has 138 valence electrons. The van der Waals surface area contributed by atoms with Crippen LogP contribution in [0.3, 0.4) is 0 Å². The van der Waals surface area contributed by atoms with Crippen molar-refractivity contribution in [3.05, 3.63) is 64.2 Å². The molecule has 2 amide bonds. The summed E-state index contributed by atoms with van der Waals surface area (Å²) >= 11 is 6.14. The molecule has 0 fully saturated rings. The average molecular weight is 377 g/mol. The first kappa shape index (κ1) is 19.6. The topological polar surface area (TPSA) is 76.7 Å². The van der Waals surface area contributed by atoms with Crippen molar-refractivity contribution in [1.29, 1.82) is 0 Å². The summed E-state index contributed by atoms with van der Waals surface area (Å²) in [6.07, 6.45) is 0. The summed E-state index contributed by atoms with van der Waals surface area (Å²) in [6.45, 7) is 2.10. The molecule has 2 N–H and O–H groups in total. The monoisotopic (exact) mass is 376 g/mol. The number of halogens is 1. The van der Waals surface area contributed by atoms with Crippen molar-refractivity contribution in [3.63, 3.8) is 0 Å². The van der Waals surface area contributed by atoms with E-state index in [2.05, 4.69) is 10.6 Å². The number of nitrogens with one attached hydrogen (secondary N) is 2. The van der Waals surface area contributed by atoms with Crippen LogP contribution in [0.2, 0.25) is 5.02 Å². The van der Waals surface area contributed by atoms with Crippen molar-refractivity contribution in [2.24, 2.45) is 0 Å². The van der Waals surface area contributed by atoms with Gasteiger partial charge in [0.2, 0.25) is 0 Å². The Morgan fingerprint density at radius 1 is 1.15 bits per heavy atom. The van der Waals surface area contributed by atoms with E-state index in [1.807, 2.05) is 25.1 Å². The molecular weight excluding hydrogens is 356 g/mol. The molecule has 0 aliphatic carbocycles. The first-order valence-corrected chi connectivity index (χ1v) is 8.38. The highest BCUT2D eigenvalue weighted by Crippen LogP contribution is 2.22. The molecule has 1 unspecified atom stereocenters. The second kappa shape index (κ2) is 9.10.